The molecule has 0 spiro atoms. The number of likely N-dealkylation sites (tertiary alicyclic amines) is 1. The quantitative estimate of drug-likeness (QED) is 0.686. The maximum Gasteiger partial charge on any atom is 0.00631 e. The standard InChI is InChI=1S/C10H23N3/c1-12(2)6-3-7-13-8-4-10(11)5-9-13/h10H,3-9,11H2,1-2H3. The molecule has 1 heterocycles. The summed E-state index contributed by atoms with van der Waals surface area (Å²) in [5.41, 5.74) is 5.84. The van der Waals surface area contributed by atoms with Gasteiger partial charge in [-0.25, -0.2) is 0 Å². The Morgan fingerprint density at radius 1 is 1.31 bits per heavy atom. The normalized spacial score (nSPS) is 21.2. The zero-order valence-electron chi connectivity index (χ0n) is 9.00. The molecular formula is C10H23N3. The Morgan fingerprint density at radius 2 is 1.92 bits per heavy atom. The van der Waals surface area contributed by atoms with Crippen molar-refractivity contribution in [2.24, 2.45) is 5.73 Å². The van der Waals surface area contributed by atoms with Crippen molar-refractivity contribution >= 4 is 0 Å². The van der Waals surface area contributed by atoms with E-state index in [0.29, 0.717) is 6.04 Å². The van der Waals surface area contributed by atoms with Crippen molar-refractivity contribution in [3.63, 3.8) is 0 Å². The Labute approximate surface area is 81.9 Å². The zero-order chi connectivity index (χ0) is 9.68. The highest BCUT2D eigenvalue weighted by Gasteiger charge is 2.14. The van der Waals surface area contributed by atoms with E-state index in [1.165, 1.54) is 45.4 Å². The molecule has 0 radical (unpaired) electrons. The van der Waals surface area contributed by atoms with Crippen LogP contribution in [-0.4, -0.2) is 56.1 Å². The minimum absolute atomic E-state index is 0.463. The summed E-state index contributed by atoms with van der Waals surface area (Å²) in [6, 6.07) is 0.463. The highest BCUT2D eigenvalue weighted by Crippen LogP contribution is 2.08. The Hall–Kier alpha value is -0.120. The Bertz CT molecular complexity index is 128. The van der Waals surface area contributed by atoms with Crippen molar-refractivity contribution in [3.05, 3.63) is 0 Å². The molecule has 1 rings (SSSR count). The van der Waals surface area contributed by atoms with Crippen molar-refractivity contribution in [2.75, 3.05) is 40.3 Å². The minimum atomic E-state index is 0.463. The van der Waals surface area contributed by atoms with Gasteiger partial charge in [0.15, 0.2) is 0 Å². The number of nitrogens with zero attached hydrogens (tertiary/aromatic N) is 2. The van der Waals surface area contributed by atoms with Crippen molar-refractivity contribution in [1.29, 1.82) is 0 Å². The molecule has 1 fully saturated rings. The van der Waals surface area contributed by atoms with Crippen LogP contribution in [0, 0.1) is 0 Å². The average Bonchev–Trinajstić information content (AvgIpc) is 2.08. The van der Waals surface area contributed by atoms with Gasteiger partial charge in [0.2, 0.25) is 0 Å². The fraction of sp³-hybridized carbons (Fsp3) is 1.00. The Kier molecular flexibility index (Phi) is 4.70. The molecule has 0 unspecified atom stereocenters. The summed E-state index contributed by atoms with van der Waals surface area (Å²) in [4.78, 5) is 4.78. The van der Waals surface area contributed by atoms with Crippen LogP contribution in [-0.2, 0) is 0 Å². The lowest BCUT2D eigenvalue weighted by Crippen LogP contribution is -2.40. The molecule has 13 heavy (non-hydrogen) atoms. The van der Waals surface area contributed by atoms with Gasteiger partial charge in [-0.15, -0.1) is 0 Å². The summed E-state index contributed by atoms with van der Waals surface area (Å²) in [5.74, 6) is 0. The van der Waals surface area contributed by atoms with E-state index in [4.69, 9.17) is 5.73 Å². The van der Waals surface area contributed by atoms with E-state index in [9.17, 15) is 0 Å². The molecule has 0 saturated carbocycles. The maximum atomic E-state index is 5.84. The van der Waals surface area contributed by atoms with Gasteiger partial charge < -0.3 is 15.5 Å². The number of hydrogen-bond donors (Lipinski definition) is 1. The van der Waals surface area contributed by atoms with Crippen LogP contribution in [0.1, 0.15) is 19.3 Å². The van der Waals surface area contributed by atoms with Crippen LogP contribution in [0.2, 0.25) is 0 Å². The molecule has 3 nitrogen and oxygen atoms in total. The predicted molar refractivity (Wildman–Crippen MR) is 56.8 cm³/mol. The maximum absolute atomic E-state index is 5.84. The van der Waals surface area contributed by atoms with E-state index in [-0.39, 0.29) is 0 Å². The third-order valence-corrected chi connectivity index (χ3v) is 2.71. The molecule has 1 aliphatic rings. The molecule has 0 aromatic carbocycles. The van der Waals surface area contributed by atoms with Gasteiger partial charge in [0, 0.05) is 6.04 Å². The zero-order valence-corrected chi connectivity index (χ0v) is 9.00. The molecule has 0 aliphatic carbocycles. The molecule has 2 N–H and O–H groups in total. The highest BCUT2D eigenvalue weighted by atomic mass is 15.1. The Balaban J connectivity index is 2.02. The summed E-state index contributed by atoms with van der Waals surface area (Å²) in [6.45, 7) is 4.84. The van der Waals surface area contributed by atoms with Gasteiger partial charge in [0.25, 0.3) is 0 Å². The van der Waals surface area contributed by atoms with Gasteiger partial charge in [-0.3, -0.25) is 0 Å². The van der Waals surface area contributed by atoms with E-state index >= 15 is 0 Å². The van der Waals surface area contributed by atoms with E-state index < -0.39 is 0 Å². The molecule has 0 bridgehead atoms. The molecule has 78 valence electrons. The molecule has 0 atom stereocenters. The highest BCUT2D eigenvalue weighted by molar-refractivity contribution is 4.73. The molecular weight excluding hydrogens is 162 g/mol. The van der Waals surface area contributed by atoms with Gasteiger partial charge in [0.05, 0.1) is 0 Å². The van der Waals surface area contributed by atoms with Crippen LogP contribution in [0.5, 0.6) is 0 Å². The predicted octanol–water partition coefficient (Wildman–Crippen LogP) is 0.361. The van der Waals surface area contributed by atoms with E-state index in [2.05, 4.69) is 23.9 Å². The smallest absolute Gasteiger partial charge is 0.00631 e. The van der Waals surface area contributed by atoms with Crippen molar-refractivity contribution in [2.45, 2.75) is 25.3 Å². The van der Waals surface area contributed by atoms with Crippen LogP contribution < -0.4 is 5.73 Å². The van der Waals surface area contributed by atoms with Gasteiger partial charge in [-0.2, -0.15) is 0 Å². The van der Waals surface area contributed by atoms with Crippen LogP contribution in [0.25, 0.3) is 0 Å². The molecule has 0 aromatic rings. The van der Waals surface area contributed by atoms with Gasteiger partial charge in [0.1, 0.15) is 0 Å². The van der Waals surface area contributed by atoms with Crippen molar-refractivity contribution in [1.82, 2.24) is 9.80 Å². The van der Waals surface area contributed by atoms with Crippen LogP contribution in [0.15, 0.2) is 0 Å². The largest absolute Gasteiger partial charge is 0.328 e. The lowest BCUT2D eigenvalue weighted by molar-refractivity contribution is 0.203. The molecule has 0 aromatic heterocycles. The molecule has 1 aliphatic heterocycles. The number of rotatable bonds is 4. The second-order valence-corrected chi connectivity index (χ2v) is 4.34. The third-order valence-electron chi connectivity index (χ3n) is 2.71. The second-order valence-electron chi connectivity index (χ2n) is 4.34. The summed E-state index contributed by atoms with van der Waals surface area (Å²) in [7, 11) is 4.26. The summed E-state index contributed by atoms with van der Waals surface area (Å²) in [5, 5.41) is 0. The minimum Gasteiger partial charge on any atom is -0.328 e. The van der Waals surface area contributed by atoms with Gasteiger partial charge in [-0.05, 0) is 59.5 Å². The topological polar surface area (TPSA) is 32.5 Å². The average molecular weight is 185 g/mol. The SMILES string of the molecule is CN(C)CCCN1CCC(N)CC1. The number of piperidine rings is 1. The van der Waals surface area contributed by atoms with Crippen LogP contribution in [0.3, 0.4) is 0 Å². The Morgan fingerprint density at radius 3 is 2.46 bits per heavy atom. The van der Waals surface area contributed by atoms with Gasteiger partial charge >= 0.3 is 0 Å². The first-order valence-corrected chi connectivity index (χ1v) is 5.31. The monoisotopic (exact) mass is 185 g/mol. The summed E-state index contributed by atoms with van der Waals surface area (Å²) >= 11 is 0. The van der Waals surface area contributed by atoms with E-state index in [1.54, 1.807) is 0 Å². The first-order chi connectivity index (χ1) is 6.18. The fourth-order valence-corrected chi connectivity index (χ4v) is 1.79. The second kappa shape index (κ2) is 5.58. The molecule has 0 amide bonds. The molecule has 3 heteroatoms. The van der Waals surface area contributed by atoms with E-state index in [0.717, 1.165) is 0 Å². The van der Waals surface area contributed by atoms with Gasteiger partial charge in [-0.1, -0.05) is 0 Å². The van der Waals surface area contributed by atoms with Crippen LogP contribution in [0.4, 0.5) is 0 Å². The van der Waals surface area contributed by atoms with E-state index in [1.807, 2.05) is 0 Å². The fourth-order valence-electron chi connectivity index (χ4n) is 1.79. The summed E-state index contributed by atoms with van der Waals surface area (Å²) in [6.07, 6.45) is 3.65. The third kappa shape index (κ3) is 4.60. The van der Waals surface area contributed by atoms with Crippen molar-refractivity contribution < 1.29 is 0 Å². The van der Waals surface area contributed by atoms with Crippen molar-refractivity contribution in [3.8, 4) is 0 Å². The lowest BCUT2D eigenvalue weighted by atomic mass is 10.1. The number of hydrogen-bond acceptors (Lipinski definition) is 3. The first kappa shape index (κ1) is 11.0. The molecule has 1 saturated heterocycles. The summed E-state index contributed by atoms with van der Waals surface area (Å²) < 4.78 is 0. The van der Waals surface area contributed by atoms with Crippen LogP contribution >= 0.6 is 0 Å². The lowest BCUT2D eigenvalue weighted by Gasteiger charge is -2.30. The first-order valence-electron chi connectivity index (χ1n) is 5.31. The number of nitrogens with two attached hydrogens (primary N) is 1.